The molecule has 0 radical (unpaired) electrons. The molecule has 7 nitrogen and oxygen atoms in total. The SMILES string of the molecule is CCOC(=O)c1cnc(C(F)(F)F)nc1N1CC[C@H](N2CCN(Cc3ccc(Cl)cc3)CC2)C1. The minimum absolute atomic E-state index is 0.00958. The van der Waals surface area contributed by atoms with Crippen molar-refractivity contribution < 1.29 is 22.7 Å². The molecule has 0 unspecified atom stereocenters. The van der Waals surface area contributed by atoms with Crippen molar-refractivity contribution in [3.63, 3.8) is 0 Å². The molecule has 184 valence electrons. The second-order valence-corrected chi connectivity index (χ2v) is 8.91. The molecule has 0 bridgehead atoms. The molecule has 0 N–H and O–H groups in total. The van der Waals surface area contributed by atoms with Crippen LogP contribution in [-0.2, 0) is 17.5 Å². The standard InChI is InChI=1S/C23H27ClF3N5O2/c1-2-34-21(33)19-13-28-22(23(25,26)27)29-20(19)32-8-7-18(15-32)31-11-9-30(10-12-31)14-16-3-5-17(24)6-4-16/h3-6,13,18H,2,7-12,14-15H2,1H3/t18-/m0/s1. The van der Waals surface area contributed by atoms with Gasteiger partial charge in [-0.05, 0) is 31.0 Å². The number of halogens is 4. The average Bonchev–Trinajstić information content (AvgIpc) is 3.30. The number of carbonyl (C=O) groups excluding carboxylic acids is 1. The summed E-state index contributed by atoms with van der Waals surface area (Å²) in [4.78, 5) is 25.9. The molecular weight excluding hydrogens is 471 g/mol. The van der Waals surface area contributed by atoms with E-state index in [1.54, 1.807) is 11.8 Å². The minimum Gasteiger partial charge on any atom is -0.462 e. The van der Waals surface area contributed by atoms with E-state index in [0.717, 1.165) is 50.4 Å². The van der Waals surface area contributed by atoms with Gasteiger partial charge in [0, 0.05) is 63.1 Å². The second-order valence-electron chi connectivity index (χ2n) is 8.48. The first-order valence-corrected chi connectivity index (χ1v) is 11.7. The van der Waals surface area contributed by atoms with Crippen LogP contribution in [0.5, 0.6) is 0 Å². The number of alkyl halides is 3. The van der Waals surface area contributed by atoms with Gasteiger partial charge < -0.3 is 9.64 Å². The van der Waals surface area contributed by atoms with Crippen molar-refractivity contribution in [1.29, 1.82) is 0 Å². The van der Waals surface area contributed by atoms with Crippen LogP contribution in [0.2, 0.25) is 5.02 Å². The van der Waals surface area contributed by atoms with Gasteiger partial charge in [-0.25, -0.2) is 14.8 Å². The first-order chi connectivity index (χ1) is 16.2. The van der Waals surface area contributed by atoms with E-state index < -0.39 is 18.0 Å². The van der Waals surface area contributed by atoms with Crippen LogP contribution in [-0.4, -0.2) is 77.7 Å². The summed E-state index contributed by atoms with van der Waals surface area (Å²) in [6.07, 6.45) is -2.99. The van der Waals surface area contributed by atoms with E-state index in [2.05, 4.69) is 19.8 Å². The van der Waals surface area contributed by atoms with E-state index in [-0.39, 0.29) is 24.0 Å². The largest absolute Gasteiger partial charge is 0.462 e. The predicted octanol–water partition coefficient (Wildman–Crippen LogP) is 3.72. The highest BCUT2D eigenvalue weighted by Crippen LogP contribution is 2.31. The maximum absolute atomic E-state index is 13.2. The number of benzene rings is 1. The number of rotatable bonds is 6. The Hall–Kier alpha value is -2.43. The summed E-state index contributed by atoms with van der Waals surface area (Å²) in [5.74, 6) is -1.98. The summed E-state index contributed by atoms with van der Waals surface area (Å²) in [6, 6.07) is 8.02. The van der Waals surface area contributed by atoms with Crippen molar-refractivity contribution >= 4 is 23.4 Å². The van der Waals surface area contributed by atoms with Crippen LogP contribution in [0.3, 0.4) is 0 Å². The number of anilines is 1. The molecule has 2 aliphatic rings. The van der Waals surface area contributed by atoms with Crippen LogP contribution in [0, 0.1) is 0 Å². The fourth-order valence-corrected chi connectivity index (χ4v) is 4.60. The molecule has 2 fully saturated rings. The van der Waals surface area contributed by atoms with Crippen molar-refractivity contribution in [3.05, 3.63) is 52.4 Å². The Labute approximate surface area is 201 Å². The van der Waals surface area contributed by atoms with Crippen LogP contribution in [0.15, 0.2) is 30.5 Å². The van der Waals surface area contributed by atoms with Gasteiger partial charge in [0.2, 0.25) is 5.82 Å². The molecule has 0 saturated carbocycles. The van der Waals surface area contributed by atoms with Gasteiger partial charge in [-0.3, -0.25) is 9.80 Å². The Morgan fingerprint density at radius 1 is 1.15 bits per heavy atom. The van der Waals surface area contributed by atoms with Gasteiger partial charge in [-0.1, -0.05) is 23.7 Å². The molecular formula is C23H27ClF3N5O2. The molecule has 1 aromatic carbocycles. The van der Waals surface area contributed by atoms with Gasteiger partial charge in [0.15, 0.2) is 0 Å². The van der Waals surface area contributed by atoms with Gasteiger partial charge in [0.05, 0.1) is 6.61 Å². The number of aromatic nitrogens is 2. The fraction of sp³-hybridized carbons (Fsp3) is 0.522. The molecule has 3 heterocycles. The number of hydrogen-bond acceptors (Lipinski definition) is 7. The zero-order valence-electron chi connectivity index (χ0n) is 18.9. The molecule has 4 rings (SSSR count). The number of hydrogen-bond donors (Lipinski definition) is 0. The number of nitrogens with zero attached hydrogens (tertiary/aromatic N) is 5. The van der Waals surface area contributed by atoms with Gasteiger partial charge in [-0.2, -0.15) is 13.2 Å². The maximum Gasteiger partial charge on any atom is 0.451 e. The summed E-state index contributed by atoms with van der Waals surface area (Å²) < 4.78 is 44.7. The molecule has 11 heteroatoms. The first-order valence-electron chi connectivity index (χ1n) is 11.3. The zero-order valence-corrected chi connectivity index (χ0v) is 19.6. The van der Waals surface area contributed by atoms with E-state index in [1.807, 2.05) is 24.3 Å². The smallest absolute Gasteiger partial charge is 0.451 e. The van der Waals surface area contributed by atoms with E-state index in [0.29, 0.717) is 13.1 Å². The van der Waals surface area contributed by atoms with Crippen molar-refractivity contribution in [2.45, 2.75) is 32.1 Å². The molecule has 0 aliphatic carbocycles. The number of carbonyl (C=O) groups is 1. The predicted molar refractivity (Wildman–Crippen MR) is 122 cm³/mol. The van der Waals surface area contributed by atoms with E-state index in [4.69, 9.17) is 16.3 Å². The highest BCUT2D eigenvalue weighted by atomic mass is 35.5. The van der Waals surface area contributed by atoms with Gasteiger partial charge >= 0.3 is 12.1 Å². The molecule has 2 aromatic rings. The summed E-state index contributed by atoms with van der Waals surface area (Å²) in [5.41, 5.74) is 1.17. The summed E-state index contributed by atoms with van der Waals surface area (Å²) in [5, 5.41) is 0.719. The van der Waals surface area contributed by atoms with Crippen LogP contribution in [0.25, 0.3) is 0 Å². The van der Waals surface area contributed by atoms with Gasteiger partial charge in [0.1, 0.15) is 11.4 Å². The molecule has 0 amide bonds. The Balaban J connectivity index is 1.40. The molecule has 1 aromatic heterocycles. The average molecular weight is 498 g/mol. The topological polar surface area (TPSA) is 61.8 Å². The van der Waals surface area contributed by atoms with Crippen LogP contribution in [0.1, 0.15) is 35.1 Å². The van der Waals surface area contributed by atoms with Crippen molar-refractivity contribution in [2.24, 2.45) is 0 Å². The van der Waals surface area contributed by atoms with Crippen molar-refractivity contribution in [3.8, 4) is 0 Å². The lowest BCUT2D eigenvalue weighted by Crippen LogP contribution is -2.50. The van der Waals surface area contributed by atoms with Crippen LogP contribution < -0.4 is 4.90 Å². The van der Waals surface area contributed by atoms with Gasteiger partial charge in [-0.15, -0.1) is 0 Å². The zero-order chi connectivity index (χ0) is 24.3. The number of piperazine rings is 1. The van der Waals surface area contributed by atoms with Crippen LogP contribution >= 0.6 is 11.6 Å². The van der Waals surface area contributed by atoms with Gasteiger partial charge in [0.25, 0.3) is 0 Å². The Morgan fingerprint density at radius 3 is 2.50 bits per heavy atom. The molecule has 1 atom stereocenters. The molecule has 0 spiro atoms. The summed E-state index contributed by atoms with van der Waals surface area (Å²) in [6.45, 7) is 7.16. The molecule has 34 heavy (non-hydrogen) atoms. The summed E-state index contributed by atoms with van der Waals surface area (Å²) in [7, 11) is 0. The Morgan fingerprint density at radius 2 is 1.85 bits per heavy atom. The lowest BCUT2D eigenvalue weighted by Gasteiger charge is -2.38. The maximum atomic E-state index is 13.2. The quantitative estimate of drug-likeness (QED) is 0.564. The third-order valence-electron chi connectivity index (χ3n) is 6.22. The Kier molecular flexibility index (Phi) is 7.59. The normalized spacial score (nSPS) is 20.0. The first kappa shape index (κ1) is 24.7. The van der Waals surface area contributed by atoms with E-state index in [9.17, 15) is 18.0 Å². The molecule has 2 aliphatic heterocycles. The molecule has 2 saturated heterocycles. The summed E-state index contributed by atoms with van der Waals surface area (Å²) >= 11 is 5.96. The highest BCUT2D eigenvalue weighted by molar-refractivity contribution is 6.30. The highest BCUT2D eigenvalue weighted by Gasteiger charge is 2.38. The monoisotopic (exact) mass is 497 g/mol. The second kappa shape index (κ2) is 10.5. The van der Waals surface area contributed by atoms with E-state index >= 15 is 0 Å². The fourth-order valence-electron chi connectivity index (χ4n) is 4.47. The Bertz CT molecular complexity index is 997. The minimum atomic E-state index is -4.69. The van der Waals surface area contributed by atoms with Crippen molar-refractivity contribution in [1.82, 2.24) is 19.8 Å². The number of ether oxygens (including phenoxy) is 1. The lowest BCUT2D eigenvalue weighted by atomic mass is 10.1. The third-order valence-corrected chi connectivity index (χ3v) is 6.48. The van der Waals surface area contributed by atoms with E-state index in [1.165, 1.54) is 5.56 Å². The lowest BCUT2D eigenvalue weighted by molar-refractivity contribution is -0.144. The van der Waals surface area contributed by atoms with Crippen molar-refractivity contribution in [2.75, 3.05) is 50.8 Å². The van der Waals surface area contributed by atoms with Crippen LogP contribution in [0.4, 0.5) is 19.0 Å². The third kappa shape index (κ3) is 5.79. The number of esters is 1.